The molecule has 1 atom stereocenters. The predicted octanol–water partition coefficient (Wildman–Crippen LogP) is 5.57. The topological polar surface area (TPSA) is 96.0 Å². The maximum atomic E-state index is 14.3. The fourth-order valence-corrected chi connectivity index (χ4v) is 5.74. The predicted molar refractivity (Wildman–Crippen MR) is 169 cm³/mol. The summed E-state index contributed by atoms with van der Waals surface area (Å²) in [5, 5.41) is 3.59. The summed E-state index contributed by atoms with van der Waals surface area (Å²) in [6.07, 6.45) is 1.21. The Labute approximate surface area is 258 Å². The van der Waals surface area contributed by atoms with Gasteiger partial charge in [0.2, 0.25) is 21.8 Å². The van der Waals surface area contributed by atoms with E-state index in [2.05, 4.69) is 5.32 Å². The quantitative estimate of drug-likeness (QED) is 0.250. The molecule has 0 aliphatic carbocycles. The van der Waals surface area contributed by atoms with Crippen LogP contribution >= 0.6 is 23.2 Å². The maximum Gasteiger partial charge on any atom is 0.244 e. The van der Waals surface area contributed by atoms with E-state index in [9.17, 15) is 18.0 Å². The number of nitrogens with zero attached hydrogens (tertiary/aromatic N) is 2. The summed E-state index contributed by atoms with van der Waals surface area (Å²) in [6.45, 7) is 5.73. The molecule has 8 nitrogen and oxygen atoms in total. The Morgan fingerprint density at radius 1 is 0.929 bits per heavy atom. The summed E-state index contributed by atoms with van der Waals surface area (Å²) >= 11 is 13.0. The number of amides is 2. The third-order valence-corrected chi connectivity index (χ3v) is 8.29. The Morgan fingerprint density at radius 2 is 1.55 bits per heavy atom. The number of halogens is 2. The van der Waals surface area contributed by atoms with E-state index in [0.717, 1.165) is 16.1 Å². The molecule has 0 heterocycles. The van der Waals surface area contributed by atoms with E-state index in [1.807, 2.05) is 44.2 Å². The number of nitrogens with one attached hydrogen (secondary N) is 1. The van der Waals surface area contributed by atoms with Gasteiger partial charge in [0, 0.05) is 35.1 Å². The lowest BCUT2D eigenvalue weighted by molar-refractivity contribution is -0.140. The molecule has 3 aromatic carbocycles. The number of benzene rings is 3. The summed E-state index contributed by atoms with van der Waals surface area (Å²) in [5.74, 6) is -0.494. The Hall–Kier alpha value is -3.27. The first-order chi connectivity index (χ1) is 19.9. The summed E-state index contributed by atoms with van der Waals surface area (Å²) in [6, 6.07) is 19.9. The smallest absolute Gasteiger partial charge is 0.244 e. The van der Waals surface area contributed by atoms with Crippen molar-refractivity contribution in [1.29, 1.82) is 0 Å². The van der Waals surface area contributed by atoms with Crippen LogP contribution in [0, 0.1) is 5.92 Å². The lowest BCUT2D eigenvalue weighted by Gasteiger charge is -2.34. The van der Waals surface area contributed by atoms with E-state index in [1.54, 1.807) is 49.4 Å². The number of sulfonamides is 1. The van der Waals surface area contributed by atoms with Crippen molar-refractivity contribution >= 4 is 50.7 Å². The minimum atomic E-state index is -3.95. The van der Waals surface area contributed by atoms with Gasteiger partial charge in [-0.3, -0.25) is 13.9 Å². The number of anilines is 1. The van der Waals surface area contributed by atoms with E-state index in [0.29, 0.717) is 34.5 Å². The molecule has 0 aliphatic rings. The van der Waals surface area contributed by atoms with Gasteiger partial charge in [-0.25, -0.2) is 8.42 Å². The molecule has 1 unspecified atom stereocenters. The third kappa shape index (κ3) is 9.11. The maximum absolute atomic E-state index is 14.3. The van der Waals surface area contributed by atoms with Crippen LogP contribution < -0.4 is 14.4 Å². The lowest BCUT2D eigenvalue weighted by atomic mass is 10.0. The summed E-state index contributed by atoms with van der Waals surface area (Å²) in [7, 11) is -3.95. The van der Waals surface area contributed by atoms with Crippen molar-refractivity contribution in [3.63, 3.8) is 0 Å². The van der Waals surface area contributed by atoms with Crippen molar-refractivity contribution < 1.29 is 22.7 Å². The highest BCUT2D eigenvalue weighted by Crippen LogP contribution is 2.31. The molecule has 0 fully saturated rings. The van der Waals surface area contributed by atoms with Crippen molar-refractivity contribution in [3.8, 4) is 5.75 Å². The second-order valence-electron chi connectivity index (χ2n) is 10.2. The van der Waals surface area contributed by atoms with Gasteiger partial charge in [-0.2, -0.15) is 0 Å². The summed E-state index contributed by atoms with van der Waals surface area (Å²) < 4.78 is 32.8. The number of hydrogen-bond donors (Lipinski definition) is 1. The molecule has 0 saturated carbocycles. The lowest BCUT2D eigenvalue weighted by Crippen LogP contribution is -2.53. The molecule has 1 N–H and O–H groups in total. The molecule has 0 radical (unpaired) electrons. The van der Waals surface area contributed by atoms with Crippen LogP contribution in [0.2, 0.25) is 10.0 Å². The number of rotatable bonds is 14. The van der Waals surface area contributed by atoms with Crippen LogP contribution in [0.3, 0.4) is 0 Å². The molecule has 2 amide bonds. The molecule has 0 aromatic heterocycles. The minimum absolute atomic E-state index is 0.116. The van der Waals surface area contributed by atoms with Crippen molar-refractivity contribution in [2.24, 2.45) is 5.92 Å². The van der Waals surface area contributed by atoms with Crippen molar-refractivity contribution in [2.45, 2.75) is 39.8 Å². The zero-order valence-electron chi connectivity index (χ0n) is 24.2. The normalized spacial score (nSPS) is 12.1. The molecule has 0 spiro atoms. The zero-order valence-corrected chi connectivity index (χ0v) is 26.5. The van der Waals surface area contributed by atoms with Crippen molar-refractivity contribution in [3.05, 3.63) is 94.0 Å². The number of carbonyl (C=O) groups is 2. The molecule has 0 aliphatic heterocycles. The van der Waals surface area contributed by atoms with Crippen LogP contribution in [-0.2, 0) is 32.6 Å². The molecule has 0 bridgehead atoms. The van der Waals surface area contributed by atoms with E-state index >= 15 is 0 Å². The van der Waals surface area contributed by atoms with Crippen LogP contribution in [0.4, 0.5) is 5.69 Å². The van der Waals surface area contributed by atoms with Gasteiger partial charge >= 0.3 is 0 Å². The van der Waals surface area contributed by atoms with Gasteiger partial charge in [0.15, 0.2) is 0 Å². The number of ether oxygens (including phenoxy) is 1. The first kappa shape index (κ1) is 33.2. The first-order valence-electron chi connectivity index (χ1n) is 13.7. The average Bonchev–Trinajstić information content (AvgIpc) is 2.94. The molecule has 11 heteroatoms. The number of para-hydroxylation sites is 2. The SMILES string of the molecule is CCOc1ccccc1N(CC(=O)N(Cc1c(Cl)cccc1Cl)C(Cc1ccccc1)C(=O)NCC(C)C)S(C)(=O)=O. The second kappa shape index (κ2) is 15.3. The molecule has 226 valence electrons. The molecule has 42 heavy (non-hydrogen) atoms. The second-order valence-corrected chi connectivity index (χ2v) is 13.0. The van der Waals surface area contributed by atoms with Gasteiger partial charge in [0.1, 0.15) is 18.3 Å². The largest absolute Gasteiger partial charge is 0.492 e. The highest BCUT2D eigenvalue weighted by molar-refractivity contribution is 7.92. The molecule has 3 rings (SSSR count). The van der Waals surface area contributed by atoms with Crippen LogP contribution in [0.25, 0.3) is 0 Å². The van der Waals surface area contributed by atoms with E-state index in [1.165, 1.54) is 4.90 Å². The molecular weight excluding hydrogens is 597 g/mol. The monoisotopic (exact) mass is 633 g/mol. The minimum Gasteiger partial charge on any atom is -0.492 e. The van der Waals surface area contributed by atoms with Gasteiger partial charge in [-0.15, -0.1) is 0 Å². The third-order valence-electron chi connectivity index (χ3n) is 6.46. The van der Waals surface area contributed by atoms with Gasteiger partial charge in [-0.1, -0.05) is 85.6 Å². The van der Waals surface area contributed by atoms with Gasteiger partial charge in [-0.05, 0) is 42.7 Å². The van der Waals surface area contributed by atoms with Crippen molar-refractivity contribution in [1.82, 2.24) is 10.2 Å². The molecule has 3 aromatic rings. The Morgan fingerprint density at radius 3 is 2.14 bits per heavy atom. The number of carbonyl (C=O) groups excluding carboxylic acids is 2. The average molecular weight is 635 g/mol. The number of hydrogen-bond acceptors (Lipinski definition) is 5. The molecular formula is C31H37Cl2N3O5S. The summed E-state index contributed by atoms with van der Waals surface area (Å²) in [5.41, 5.74) is 1.49. The highest BCUT2D eigenvalue weighted by Gasteiger charge is 2.34. The summed E-state index contributed by atoms with van der Waals surface area (Å²) in [4.78, 5) is 29.3. The van der Waals surface area contributed by atoms with Gasteiger partial charge in [0.25, 0.3) is 0 Å². The molecule has 0 saturated heterocycles. The van der Waals surface area contributed by atoms with Crippen LogP contribution in [-0.4, -0.2) is 57.1 Å². The van der Waals surface area contributed by atoms with Gasteiger partial charge < -0.3 is 15.0 Å². The van der Waals surface area contributed by atoms with Crippen LogP contribution in [0.5, 0.6) is 5.75 Å². The van der Waals surface area contributed by atoms with Crippen LogP contribution in [0.15, 0.2) is 72.8 Å². The van der Waals surface area contributed by atoms with E-state index < -0.39 is 28.5 Å². The van der Waals surface area contributed by atoms with Crippen LogP contribution in [0.1, 0.15) is 31.9 Å². The van der Waals surface area contributed by atoms with Crippen molar-refractivity contribution in [2.75, 3.05) is 30.3 Å². The fourth-order valence-electron chi connectivity index (χ4n) is 4.37. The Kier molecular flexibility index (Phi) is 12.1. The fraction of sp³-hybridized carbons (Fsp3) is 0.355. The van der Waals surface area contributed by atoms with E-state index in [4.69, 9.17) is 27.9 Å². The first-order valence-corrected chi connectivity index (χ1v) is 16.3. The Bertz CT molecular complexity index is 1450. The van der Waals surface area contributed by atoms with Gasteiger partial charge in [0.05, 0.1) is 18.6 Å². The Balaban J connectivity index is 2.12. The zero-order chi connectivity index (χ0) is 30.9. The van der Waals surface area contributed by atoms with E-state index in [-0.39, 0.29) is 30.5 Å². The highest BCUT2D eigenvalue weighted by atomic mass is 35.5. The standard InChI is InChI=1S/C31H37Cl2N3O5S/c1-5-41-29-17-10-9-16-27(29)36(42(4,39)40)21-30(37)35(20-24-25(32)14-11-15-26(24)33)28(31(38)34-19-22(2)3)18-23-12-7-6-8-13-23/h6-17,22,28H,5,18-21H2,1-4H3,(H,34,38).